The Kier molecular flexibility index (Phi) is 5.14. The minimum Gasteiger partial charge on any atom is -0.459 e. The summed E-state index contributed by atoms with van der Waals surface area (Å²) in [5, 5.41) is 0. The maximum Gasteiger partial charge on any atom is 0.327 e. The lowest BCUT2D eigenvalue weighted by Gasteiger charge is -2.31. The van der Waals surface area contributed by atoms with Crippen LogP contribution in [-0.2, 0) is 9.53 Å². The lowest BCUT2D eigenvalue weighted by Crippen LogP contribution is -2.53. The Hall–Kier alpha value is -0.220. The monoisotopic (exact) mass is 233 g/mol. The average Bonchev–Trinajstić information content (AvgIpc) is 1.99. The van der Waals surface area contributed by atoms with E-state index >= 15 is 0 Å². The fraction of sp³-hybridized carbons (Fsp3) is 0.909. The number of carbonyl (C=O) groups is 1. The van der Waals surface area contributed by atoms with E-state index in [0.717, 1.165) is 0 Å². The van der Waals surface area contributed by atoms with Crippen LogP contribution in [0, 0.1) is 5.92 Å². The van der Waals surface area contributed by atoms with E-state index in [2.05, 4.69) is 12.6 Å². The molecule has 0 aromatic carbocycles. The van der Waals surface area contributed by atoms with Crippen molar-refractivity contribution in [2.75, 3.05) is 5.75 Å². The molecule has 0 spiro atoms. The van der Waals surface area contributed by atoms with Crippen LogP contribution in [0.4, 0.5) is 0 Å². The highest BCUT2D eigenvalue weighted by Crippen LogP contribution is 2.20. The van der Waals surface area contributed by atoms with Crippen LogP contribution in [0.5, 0.6) is 0 Å². The molecule has 0 aliphatic heterocycles. The molecule has 0 saturated carbocycles. The molecule has 0 aromatic heterocycles. The van der Waals surface area contributed by atoms with Gasteiger partial charge < -0.3 is 10.5 Å². The Labute approximate surface area is 98.2 Å². The number of esters is 1. The lowest BCUT2D eigenvalue weighted by molar-refractivity contribution is -0.161. The van der Waals surface area contributed by atoms with Crippen LogP contribution >= 0.6 is 12.6 Å². The summed E-state index contributed by atoms with van der Waals surface area (Å²) in [4.78, 5) is 11.9. The van der Waals surface area contributed by atoms with Gasteiger partial charge in [-0.3, -0.25) is 4.79 Å². The molecule has 0 bridgehead atoms. The van der Waals surface area contributed by atoms with Gasteiger partial charge in [0.15, 0.2) is 0 Å². The van der Waals surface area contributed by atoms with Gasteiger partial charge in [0.25, 0.3) is 0 Å². The second-order valence-electron chi connectivity index (χ2n) is 5.41. The average molecular weight is 233 g/mol. The molecule has 0 aromatic rings. The number of hydrogen-bond acceptors (Lipinski definition) is 4. The summed E-state index contributed by atoms with van der Waals surface area (Å²) in [6, 6.07) is 0. The molecule has 0 fully saturated rings. The van der Waals surface area contributed by atoms with E-state index in [4.69, 9.17) is 10.5 Å². The first-order chi connectivity index (χ1) is 6.60. The second kappa shape index (κ2) is 5.21. The molecular formula is C11H23NO2S. The Morgan fingerprint density at radius 3 is 2.13 bits per heavy atom. The largest absolute Gasteiger partial charge is 0.459 e. The molecule has 15 heavy (non-hydrogen) atoms. The van der Waals surface area contributed by atoms with E-state index in [0.29, 0.717) is 18.1 Å². The normalized spacial score (nSPS) is 16.3. The third kappa shape index (κ3) is 5.42. The smallest absolute Gasteiger partial charge is 0.327 e. The molecule has 0 rings (SSSR count). The molecule has 4 heteroatoms. The summed E-state index contributed by atoms with van der Waals surface area (Å²) in [5.74, 6) is 0.286. The second-order valence-corrected chi connectivity index (χ2v) is 5.73. The first-order valence-corrected chi connectivity index (χ1v) is 5.87. The number of rotatable bonds is 4. The highest BCUT2D eigenvalue weighted by molar-refractivity contribution is 7.80. The summed E-state index contributed by atoms with van der Waals surface area (Å²) in [6.45, 7) is 9.54. The Morgan fingerprint density at radius 2 is 1.87 bits per heavy atom. The number of carbonyl (C=O) groups excluding carboxylic acids is 1. The van der Waals surface area contributed by atoms with Gasteiger partial charge in [-0.15, -0.1) is 0 Å². The predicted octanol–water partition coefficient (Wildman–Crippen LogP) is 2.00. The van der Waals surface area contributed by atoms with Gasteiger partial charge in [0.2, 0.25) is 0 Å². The summed E-state index contributed by atoms with van der Waals surface area (Å²) in [7, 11) is 0. The van der Waals surface area contributed by atoms with Crippen molar-refractivity contribution in [2.24, 2.45) is 11.7 Å². The van der Waals surface area contributed by atoms with Crippen molar-refractivity contribution >= 4 is 18.6 Å². The molecule has 90 valence electrons. The molecule has 0 saturated heterocycles. The van der Waals surface area contributed by atoms with E-state index in [-0.39, 0.29) is 5.97 Å². The van der Waals surface area contributed by atoms with Crippen LogP contribution in [-0.4, -0.2) is 22.9 Å². The topological polar surface area (TPSA) is 52.3 Å². The predicted molar refractivity (Wildman–Crippen MR) is 66.1 cm³/mol. The van der Waals surface area contributed by atoms with Gasteiger partial charge in [-0.1, -0.05) is 13.8 Å². The first kappa shape index (κ1) is 14.8. The molecule has 3 nitrogen and oxygen atoms in total. The number of ether oxygens (including phenoxy) is 1. The van der Waals surface area contributed by atoms with E-state index in [1.807, 2.05) is 34.6 Å². The van der Waals surface area contributed by atoms with Crippen LogP contribution in [0.3, 0.4) is 0 Å². The zero-order chi connectivity index (χ0) is 12.3. The summed E-state index contributed by atoms with van der Waals surface area (Å²) in [6.07, 6.45) is 0.589. The van der Waals surface area contributed by atoms with Crippen molar-refractivity contribution in [3.63, 3.8) is 0 Å². The minimum atomic E-state index is -0.968. The fourth-order valence-electron chi connectivity index (χ4n) is 1.32. The van der Waals surface area contributed by atoms with Gasteiger partial charge >= 0.3 is 5.97 Å². The summed E-state index contributed by atoms with van der Waals surface area (Å²) >= 11 is 4.14. The SMILES string of the molecule is CC(C)C[C@](N)(CS)C(=O)OC(C)(C)C. The first-order valence-electron chi connectivity index (χ1n) is 5.24. The highest BCUT2D eigenvalue weighted by Gasteiger charge is 2.37. The molecule has 0 aliphatic rings. The molecule has 0 radical (unpaired) electrons. The maximum atomic E-state index is 11.9. The quantitative estimate of drug-likeness (QED) is 0.577. The van der Waals surface area contributed by atoms with Crippen molar-refractivity contribution in [2.45, 2.75) is 52.2 Å². The molecular weight excluding hydrogens is 210 g/mol. The maximum absolute atomic E-state index is 11.9. The molecule has 1 atom stereocenters. The summed E-state index contributed by atoms with van der Waals surface area (Å²) in [5.41, 5.74) is 4.53. The number of nitrogens with two attached hydrogens (primary N) is 1. The number of thiol groups is 1. The minimum absolute atomic E-state index is 0.306. The molecule has 0 amide bonds. The van der Waals surface area contributed by atoms with Gasteiger partial charge in [0.05, 0.1) is 0 Å². The molecule has 0 aliphatic carbocycles. The summed E-state index contributed by atoms with van der Waals surface area (Å²) < 4.78 is 5.28. The zero-order valence-electron chi connectivity index (χ0n) is 10.3. The van der Waals surface area contributed by atoms with Crippen LogP contribution in [0.1, 0.15) is 41.0 Å². The number of hydrogen-bond donors (Lipinski definition) is 2. The highest BCUT2D eigenvalue weighted by atomic mass is 32.1. The Morgan fingerprint density at radius 1 is 1.40 bits per heavy atom. The van der Waals surface area contributed by atoms with Crippen LogP contribution in [0.15, 0.2) is 0 Å². The van der Waals surface area contributed by atoms with Crippen molar-refractivity contribution in [1.82, 2.24) is 0 Å². The van der Waals surface area contributed by atoms with Crippen molar-refractivity contribution in [1.29, 1.82) is 0 Å². The zero-order valence-corrected chi connectivity index (χ0v) is 11.2. The van der Waals surface area contributed by atoms with Crippen LogP contribution in [0.2, 0.25) is 0 Å². The standard InChI is InChI=1S/C11H23NO2S/c1-8(2)6-11(12,7-15)9(13)14-10(3,4)5/h8,15H,6-7,12H2,1-5H3/t11-/m0/s1. The van der Waals surface area contributed by atoms with Gasteiger partial charge in [-0.25, -0.2) is 0 Å². The fourth-order valence-corrected chi connectivity index (χ4v) is 1.58. The van der Waals surface area contributed by atoms with Crippen molar-refractivity contribution in [3.05, 3.63) is 0 Å². The molecule has 0 unspecified atom stereocenters. The van der Waals surface area contributed by atoms with Crippen molar-refractivity contribution in [3.8, 4) is 0 Å². The van der Waals surface area contributed by atoms with E-state index < -0.39 is 11.1 Å². The van der Waals surface area contributed by atoms with Crippen LogP contribution in [0.25, 0.3) is 0 Å². The van der Waals surface area contributed by atoms with E-state index in [9.17, 15) is 4.79 Å². The Bertz CT molecular complexity index is 223. The van der Waals surface area contributed by atoms with Gasteiger partial charge in [0.1, 0.15) is 11.1 Å². The third-order valence-electron chi connectivity index (χ3n) is 1.86. The lowest BCUT2D eigenvalue weighted by atomic mass is 9.91. The third-order valence-corrected chi connectivity index (χ3v) is 2.42. The Balaban J connectivity index is 4.59. The van der Waals surface area contributed by atoms with Crippen LogP contribution < -0.4 is 5.73 Å². The van der Waals surface area contributed by atoms with Gasteiger partial charge in [0, 0.05) is 5.75 Å². The van der Waals surface area contributed by atoms with Gasteiger partial charge in [-0.2, -0.15) is 12.6 Å². The molecule has 2 N–H and O–H groups in total. The van der Waals surface area contributed by atoms with E-state index in [1.54, 1.807) is 0 Å². The van der Waals surface area contributed by atoms with Gasteiger partial charge in [-0.05, 0) is 33.1 Å². The molecule has 0 heterocycles. The van der Waals surface area contributed by atoms with E-state index in [1.165, 1.54) is 0 Å². The van der Waals surface area contributed by atoms with Crippen molar-refractivity contribution < 1.29 is 9.53 Å².